The molecule has 0 radical (unpaired) electrons. The van der Waals surface area contributed by atoms with Crippen LogP contribution >= 0.6 is 0 Å². The molecule has 1 atom stereocenters. The van der Waals surface area contributed by atoms with E-state index in [2.05, 4.69) is 10.6 Å². The monoisotopic (exact) mass is 530 g/mol. The number of hydrogen-bond donors (Lipinski definition) is 3. The maximum Gasteiger partial charge on any atom is 0.494 e. The average molecular weight is 530 g/mol. The van der Waals surface area contributed by atoms with Crippen molar-refractivity contribution in [2.75, 3.05) is 6.54 Å². The molecule has 210 valence electrons. The lowest BCUT2D eigenvalue weighted by Crippen LogP contribution is -2.46. The van der Waals surface area contributed by atoms with Gasteiger partial charge < -0.3 is 29.8 Å². The Morgan fingerprint density at radius 2 is 1.58 bits per heavy atom. The molecule has 38 heavy (non-hydrogen) atoms. The molecule has 10 heteroatoms. The Morgan fingerprint density at radius 1 is 1.03 bits per heavy atom. The van der Waals surface area contributed by atoms with Gasteiger partial charge in [0, 0.05) is 18.9 Å². The van der Waals surface area contributed by atoms with Gasteiger partial charge in [0.2, 0.25) is 5.91 Å². The van der Waals surface area contributed by atoms with Gasteiger partial charge in [-0.05, 0) is 91.1 Å². The minimum atomic E-state index is -1.07. The summed E-state index contributed by atoms with van der Waals surface area (Å²) >= 11 is 0. The minimum Gasteiger partial charge on any atom is -0.480 e. The Kier molecular flexibility index (Phi) is 9.19. The number of nitrogens with one attached hydrogen (secondary N) is 2. The van der Waals surface area contributed by atoms with Crippen molar-refractivity contribution in [1.29, 1.82) is 0 Å². The van der Waals surface area contributed by atoms with Crippen LogP contribution in [0.3, 0.4) is 0 Å². The van der Waals surface area contributed by atoms with E-state index in [0.29, 0.717) is 19.4 Å². The highest BCUT2D eigenvalue weighted by Crippen LogP contribution is 2.36. The first-order chi connectivity index (χ1) is 17.6. The summed E-state index contributed by atoms with van der Waals surface area (Å²) in [4.78, 5) is 36.7. The van der Waals surface area contributed by atoms with Crippen molar-refractivity contribution in [3.05, 3.63) is 29.8 Å². The molecule has 2 aliphatic rings. The lowest BCUT2D eigenvalue weighted by molar-refractivity contribution is -0.142. The van der Waals surface area contributed by atoms with Gasteiger partial charge in [0.15, 0.2) is 0 Å². The number of benzene rings is 1. The van der Waals surface area contributed by atoms with E-state index in [-0.39, 0.29) is 24.2 Å². The summed E-state index contributed by atoms with van der Waals surface area (Å²) in [6, 6.07) is 6.45. The zero-order valence-electron chi connectivity index (χ0n) is 23.8. The quantitative estimate of drug-likeness (QED) is 0.440. The molecule has 1 saturated carbocycles. The predicted molar refractivity (Wildman–Crippen MR) is 145 cm³/mol. The molecule has 1 aliphatic heterocycles. The van der Waals surface area contributed by atoms with Crippen LogP contribution in [0, 0.1) is 11.8 Å². The second-order valence-electron chi connectivity index (χ2n) is 12.5. The van der Waals surface area contributed by atoms with Crippen molar-refractivity contribution >= 4 is 30.6 Å². The standard InChI is InChI=1S/C28H43BN2O7/c1-26(2,3)36-25(35)30-17-19-8-12-20(13-9-19)23(32)31-22(24(33)34)16-18-10-14-21(15-11-18)29-37-27(4,5)28(6,7)38-29/h10-11,14-15,19-20,22H,8-9,12-13,16-17H2,1-7H3,(H,30,35)(H,31,32)(H,33,34)/t19-,20-,22-/m0/s1. The summed E-state index contributed by atoms with van der Waals surface area (Å²) in [6.45, 7) is 13.9. The third kappa shape index (κ3) is 7.96. The fourth-order valence-corrected chi connectivity index (χ4v) is 4.69. The van der Waals surface area contributed by atoms with Crippen LogP contribution in [0.5, 0.6) is 0 Å². The number of amides is 2. The van der Waals surface area contributed by atoms with Crippen molar-refractivity contribution in [2.24, 2.45) is 11.8 Å². The van der Waals surface area contributed by atoms with Gasteiger partial charge in [0.1, 0.15) is 11.6 Å². The summed E-state index contributed by atoms with van der Waals surface area (Å²) in [5, 5.41) is 15.3. The molecule has 2 fully saturated rings. The topological polar surface area (TPSA) is 123 Å². The molecular formula is C28H43BN2O7. The number of aliphatic carboxylic acids is 1. The van der Waals surface area contributed by atoms with Gasteiger partial charge in [-0.15, -0.1) is 0 Å². The highest BCUT2D eigenvalue weighted by atomic mass is 16.7. The van der Waals surface area contributed by atoms with E-state index in [1.54, 1.807) is 0 Å². The molecule has 0 spiro atoms. The number of carbonyl (C=O) groups is 3. The first-order valence-electron chi connectivity index (χ1n) is 13.5. The number of rotatable bonds is 8. The molecule has 9 nitrogen and oxygen atoms in total. The summed E-state index contributed by atoms with van der Waals surface area (Å²) in [5.74, 6) is -1.27. The zero-order valence-corrected chi connectivity index (χ0v) is 23.8. The number of carboxylic acid groups (broad SMARTS) is 1. The summed E-state index contributed by atoms with van der Waals surface area (Å²) in [5.41, 5.74) is 0.234. The van der Waals surface area contributed by atoms with Gasteiger partial charge in [-0.2, -0.15) is 0 Å². The van der Waals surface area contributed by atoms with Gasteiger partial charge in [0.25, 0.3) is 0 Å². The van der Waals surface area contributed by atoms with Crippen LogP contribution in [0.2, 0.25) is 0 Å². The molecule has 1 heterocycles. The third-order valence-corrected chi connectivity index (χ3v) is 7.71. The largest absolute Gasteiger partial charge is 0.494 e. The molecule has 1 aliphatic carbocycles. The fourth-order valence-electron chi connectivity index (χ4n) is 4.69. The van der Waals surface area contributed by atoms with E-state index in [1.807, 2.05) is 72.7 Å². The number of alkyl carbamates (subject to hydrolysis) is 1. The highest BCUT2D eigenvalue weighted by Gasteiger charge is 2.51. The van der Waals surface area contributed by atoms with Gasteiger partial charge in [-0.25, -0.2) is 9.59 Å². The second kappa shape index (κ2) is 11.7. The van der Waals surface area contributed by atoms with Crippen molar-refractivity contribution in [1.82, 2.24) is 10.6 Å². The first-order valence-corrected chi connectivity index (χ1v) is 13.5. The van der Waals surface area contributed by atoms with Crippen LogP contribution in [-0.2, 0) is 30.1 Å². The number of carboxylic acids is 1. The van der Waals surface area contributed by atoms with Crippen molar-refractivity contribution < 1.29 is 33.5 Å². The smallest absolute Gasteiger partial charge is 0.480 e. The Bertz CT molecular complexity index is 979. The Labute approximate surface area is 226 Å². The molecule has 0 bridgehead atoms. The summed E-state index contributed by atoms with van der Waals surface area (Å²) < 4.78 is 17.4. The van der Waals surface area contributed by atoms with Gasteiger partial charge in [-0.3, -0.25) is 4.79 Å². The van der Waals surface area contributed by atoms with Crippen molar-refractivity contribution in [2.45, 2.75) is 103 Å². The molecule has 3 N–H and O–H groups in total. The van der Waals surface area contributed by atoms with Gasteiger partial charge in [0.05, 0.1) is 11.2 Å². The van der Waals surface area contributed by atoms with Gasteiger partial charge >= 0.3 is 19.2 Å². The lowest BCUT2D eigenvalue weighted by Gasteiger charge is -2.32. The Hall–Kier alpha value is -2.59. The molecule has 0 aromatic heterocycles. The van der Waals surface area contributed by atoms with Crippen LogP contribution in [0.15, 0.2) is 24.3 Å². The van der Waals surface area contributed by atoms with Crippen LogP contribution in [0.25, 0.3) is 0 Å². The van der Waals surface area contributed by atoms with Crippen LogP contribution in [0.1, 0.15) is 79.7 Å². The summed E-state index contributed by atoms with van der Waals surface area (Å²) in [6.07, 6.45) is 2.62. The maximum absolute atomic E-state index is 12.9. The molecule has 1 saturated heterocycles. The van der Waals surface area contributed by atoms with Crippen LogP contribution in [0.4, 0.5) is 4.79 Å². The molecule has 2 amide bonds. The second-order valence-corrected chi connectivity index (χ2v) is 12.5. The van der Waals surface area contributed by atoms with E-state index in [0.717, 1.165) is 23.9 Å². The third-order valence-electron chi connectivity index (χ3n) is 7.71. The summed E-state index contributed by atoms with van der Waals surface area (Å²) in [7, 11) is -0.488. The van der Waals surface area contributed by atoms with E-state index in [9.17, 15) is 19.5 Å². The van der Waals surface area contributed by atoms with E-state index < -0.39 is 42.0 Å². The van der Waals surface area contributed by atoms with Crippen molar-refractivity contribution in [3.63, 3.8) is 0 Å². The molecule has 1 aromatic rings. The number of hydrogen-bond acceptors (Lipinski definition) is 6. The zero-order chi connectivity index (χ0) is 28.3. The number of ether oxygens (including phenoxy) is 1. The first kappa shape index (κ1) is 30.0. The highest BCUT2D eigenvalue weighted by molar-refractivity contribution is 6.62. The van der Waals surface area contributed by atoms with Crippen LogP contribution in [-0.4, -0.2) is 59.6 Å². The SMILES string of the molecule is CC(C)(C)OC(=O)NC[C@H]1CC[C@H](C(=O)N[C@@H](Cc2ccc(B3OC(C)(C)C(C)(C)O3)cc2)C(=O)O)CC1. The number of carbonyl (C=O) groups excluding carboxylic acids is 2. The normalized spacial score (nSPS) is 23.4. The van der Waals surface area contributed by atoms with Crippen LogP contribution < -0.4 is 16.1 Å². The van der Waals surface area contributed by atoms with Crippen molar-refractivity contribution in [3.8, 4) is 0 Å². The Balaban J connectivity index is 1.48. The average Bonchev–Trinajstić information content (AvgIpc) is 3.03. The maximum atomic E-state index is 12.9. The Morgan fingerprint density at radius 3 is 2.08 bits per heavy atom. The van der Waals surface area contributed by atoms with E-state index in [4.69, 9.17) is 14.0 Å². The fraction of sp³-hybridized carbons (Fsp3) is 0.679. The van der Waals surface area contributed by atoms with E-state index in [1.165, 1.54) is 0 Å². The molecular weight excluding hydrogens is 487 g/mol. The minimum absolute atomic E-state index is 0.180. The van der Waals surface area contributed by atoms with E-state index >= 15 is 0 Å². The molecule has 0 unspecified atom stereocenters. The van der Waals surface area contributed by atoms with Gasteiger partial charge in [-0.1, -0.05) is 24.3 Å². The molecule has 3 rings (SSSR count). The lowest BCUT2D eigenvalue weighted by atomic mass is 9.78. The molecule has 1 aromatic carbocycles. The predicted octanol–water partition coefficient (Wildman–Crippen LogP) is 3.43.